The summed E-state index contributed by atoms with van der Waals surface area (Å²) in [7, 11) is 1.64. The zero-order chi connectivity index (χ0) is 14.7. The predicted molar refractivity (Wildman–Crippen MR) is 79.5 cm³/mol. The zero-order valence-corrected chi connectivity index (χ0v) is 12.4. The summed E-state index contributed by atoms with van der Waals surface area (Å²) in [6, 6.07) is 5.01. The fourth-order valence-electron chi connectivity index (χ4n) is 2.34. The fraction of sp³-hybridized carbons (Fsp3) is 0.562. The van der Waals surface area contributed by atoms with Gasteiger partial charge < -0.3 is 10.2 Å². The molecule has 110 valence electrons. The monoisotopic (exact) mass is 278 g/mol. The Morgan fingerprint density at radius 2 is 2.15 bits per heavy atom. The number of benzene rings is 1. The van der Waals surface area contributed by atoms with Crippen molar-refractivity contribution in [3.05, 3.63) is 29.6 Å². The van der Waals surface area contributed by atoms with E-state index < -0.39 is 0 Å². The molecule has 1 aromatic rings. The van der Waals surface area contributed by atoms with Gasteiger partial charge in [-0.2, -0.15) is 0 Å². The molecule has 1 aliphatic rings. The van der Waals surface area contributed by atoms with E-state index in [0.29, 0.717) is 23.2 Å². The molecule has 0 radical (unpaired) electrons. The van der Waals surface area contributed by atoms with Crippen LogP contribution in [0.15, 0.2) is 18.2 Å². The number of anilines is 1. The number of nitrogens with zero attached hydrogens (tertiary/aromatic N) is 1. The molecule has 0 heterocycles. The molecule has 1 aliphatic carbocycles. The summed E-state index contributed by atoms with van der Waals surface area (Å²) in [4.78, 5) is 14.6. The lowest BCUT2D eigenvalue weighted by Crippen LogP contribution is -2.35. The van der Waals surface area contributed by atoms with Crippen LogP contribution in [0.25, 0.3) is 0 Å². The molecule has 2 rings (SSSR count). The second-order valence-electron chi connectivity index (χ2n) is 5.82. The standard InChI is InChI=1S/C16H23FN2O/c1-11(2)9-10-19(12-7-8-12)16(20)13-5-4-6-14(17)15(13)18-3/h4-6,11-12,18H,7-10H2,1-3H3. The third-order valence-corrected chi connectivity index (χ3v) is 3.69. The molecule has 1 fully saturated rings. The van der Waals surface area contributed by atoms with Crippen LogP contribution in [0.4, 0.5) is 10.1 Å². The topological polar surface area (TPSA) is 32.3 Å². The molecule has 0 spiro atoms. The van der Waals surface area contributed by atoms with Gasteiger partial charge >= 0.3 is 0 Å². The number of amides is 1. The van der Waals surface area contributed by atoms with Gasteiger partial charge in [-0.1, -0.05) is 19.9 Å². The lowest BCUT2D eigenvalue weighted by atomic mass is 10.1. The number of halogens is 1. The van der Waals surface area contributed by atoms with Gasteiger partial charge in [-0.15, -0.1) is 0 Å². The van der Waals surface area contributed by atoms with Crippen LogP contribution in [-0.2, 0) is 0 Å². The van der Waals surface area contributed by atoms with E-state index in [-0.39, 0.29) is 11.7 Å². The minimum atomic E-state index is -0.377. The molecular formula is C16H23FN2O. The van der Waals surface area contributed by atoms with Crippen LogP contribution in [0.1, 0.15) is 43.5 Å². The molecule has 1 N–H and O–H groups in total. The first-order chi connectivity index (χ1) is 9.54. The van der Waals surface area contributed by atoms with Crippen molar-refractivity contribution in [2.24, 2.45) is 5.92 Å². The van der Waals surface area contributed by atoms with Gasteiger partial charge in [-0.25, -0.2) is 4.39 Å². The average Bonchev–Trinajstić information content (AvgIpc) is 3.22. The van der Waals surface area contributed by atoms with Gasteiger partial charge in [-0.05, 0) is 37.3 Å². The van der Waals surface area contributed by atoms with Crippen LogP contribution in [0.2, 0.25) is 0 Å². The highest BCUT2D eigenvalue weighted by Gasteiger charge is 2.33. The molecular weight excluding hydrogens is 255 g/mol. The summed E-state index contributed by atoms with van der Waals surface area (Å²) in [6.07, 6.45) is 3.11. The van der Waals surface area contributed by atoms with Gasteiger partial charge in [0.2, 0.25) is 0 Å². The van der Waals surface area contributed by atoms with Gasteiger partial charge in [-0.3, -0.25) is 4.79 Å². The van der Waals surface area contributed by atoms with E-state index in [1.54, 1.807) is 19.2 Å². The number of para-hydroxylation sites is 1. The van der Waals surface area contributed by atoms with Crippen molar-refractivity contribution < 1.29 is 9.18 Å². The maximum atomic E-state index is 13.8. The molecule has 0 saturated heterocycles. The van der Waals surface area contributed by atoms with Crippen molar-refractivity contribution >= 4 is 11.6 Å². The third-order valence-electron chi connectivity index (χ3n) is 3.69. The summed E-state index contributed by atoms with van der Waals surface area (Å²) in [5.74, 6) is 0.121. The highest BCUT2D eigenvalue weighted by atomic mass is 19.1. The third kappa shape index (κ3) is 3.30. The maximum absolute atomic E-state index is 13.8. The number of carbonyl (C=O) groups is 1. The molecule has 0 aromatic heterocycles. The van der Waals surface area contributed by atoms with E-state index >= 15 is 0 Å². The summed E-state index contributed by atoms with van der Waals surface area (Å²) in [5.41, 5.74) is 0.732. The highest BCUT2D eigenvalue weighted by molar-refractivity contribution is 6.00. The lowest BCUT2D eigenvalue weighted by Gasteiger charge is -2.24. The second kappa shape index (κ2) is 6.25. The first kappa shape index (κ1) is 14.8. The molecule has 1 aromatic carbocycles. The Morgan fingerprint density at radius 1 is 1.45 bits per heavy atom. The van der Waals surface area contributed by atoms with Crippen LogP contribution in [-0.4, -0.2) is 30.4 Å². The fourth-order valence-corrected chi connectivity index (χ4v) is 2.34. The maximum Gasteiger partial charge on any atom is 0.256 e. The summed E-state index contributed by atoms with van der Waals surface area (Å²) >= 11 is 0. The summed E-state index contributed by atoms with van der Waals surface area (Å²) in [6.45, 7) is 5.05. The largest absolute Gasteiger partial charge is 0.385 e. The van der Waals surface area contributed by atoms with Gasteiger partial charge in [0.1, 0.15) is 5.82 Å². The van der Waals surface area contributed by atoms with E-state index in [1.165, 1.54) is 6.07 Å². The van der Waals surface area contributed by atoms with Crippen molar-refractivity contribution in [1.82, 2.24) is 4.90 Å². The predicted octanol–water partition coefficient (Wildman–Crippen LogP) is 3.52. The normalized spacial score (nSPS) is 14.4. The van der Waals surface area contributed by atoms with Crippen LogP contribution in [0.3, 0.4) is 0 Å². The van der Waals surface area contributed by atoms with E-state index in [1.807, 2.05) is 4.90 Å². The number of rotatable bonds is 6. The molecule has 20 heavy (non-hydrogen) atoms. The zero-order valence-electron chi connectivity index (χ0n) is 12.4. The minimum Gasteiger partial charge on any atom is -0.385 e. The number of nitrogens with one attached hydrogen (secondary N) is 1. The Labute approximate surface area is 120 Å². The SMILES string of the molecule is CNc1c(F)cccc1C(=O)N(CCC(C)C)C1CC1. The van der Waals surface area contributed by atoms with E-state index in [9.17, 15) is 9.18 Å². The first-order valence-corrected chi connectivity index (χ1v) is 7.31. The highest BCUT2D eigenvalue weighted by Crippen LogP contribution is 2.31. The van der Waals surface area contributed by atoms with Crippen molar-refractivity contribution in [1.29, 1.82) is 0 Å². The number of hydrogen-bond donors (Lipinski definition) is 1. The van der Waals surface area contributed by atoms with E-state index in [2.05, 4.69) is 19.2 Å². The molecule has 4 heteroatoms. The Kier molecular flexibility index (Phi) is 4.63. The Balaban J connectivity index is 2.21. The van der Waals surface area contributed by atoms with Gasteiger partial charge in [0.05, 0.1) is 11.3 Å². The molecule has 0 aliphatic heterocycles. The Hall–Kier alpha value is -1.58. The Morgan fingerprint density at radius 3 is 2.70 bits per heavy atom. The van der Waals surface area contributed by atoms with Crippen LogP contribution >= 0.6 is 0 Å². The smallest absolute Gasteiger partial charge is 0.256 e. The molecule has 0 bridgehead atoms. The van der Waals surface area contributed by atoms with Crippen molar-refractivity contribution in [3.8, 4) is 0 Å². The summed E-state index contributed by atoms with van der Waals surface area (Å²) in [5, 5.41) is 2.80. The van der Waals surface area contributed by atoms with E-state index in [4.69, 9.17) is 0 Å². The average molecular weight is 278 g/mol. The minimum absolute atomic E-state index is 0.0583. The van der Waals surface area contributed by atoms with Crippen LogP contribution in [0.5, 0.6) is 0 Å². The number of carbonyl (C=O) groups excluding carboxylic acids is 1. The van der Waals surface area contributed by atoms with E-state index in [0.717, 1.165) is 25.8 Å². The summed E-state index contributed by atoms with van der Waals surface area (Å²) < 4.78 is 13.8. The lowest BCUT2D eigenvalue weighted by molar-refractivity contribution is 0.0736. The molecule has 0 atom stereocenters. The van der Waals surface area contributed by atoms with Gasteiger partial charge in [0.25, 0.3) is 5.91 Å². The van der Waals surface area contributed by atoms with Gasteiger partial charge in [0.15, 0.2) is 0 Å². The molecule has 0 unspecified atom stereocenters. The molecule has 1 amide bonds. The Bertz CT molecular complexity index is 483. The van der Waals surface area contributed by atoms with Crippen molar-refractivity contribution in [2.45, 2.75) is 39.2 Å². The molecule has 3 nitrogen and oxygen atoms in total. The second-order valence-corrected chi connectivity index (χ2v) is 5.82. The van der Waals surface area contributed by atoms with Crippen molar-refractivity contribution in [3.63, 3.8) is 0 Å². The molecule has 1 saturated carbocycles. The van der Waals surface area contributed by atoms with Crippen LogP contribution in [0, 0.1) is 11.7 Å². The quantitative estimate of drug-likeness (QED) is 0.863. The van der Waals surface area contributed by atoms with Crippen LogP contribution < -0.4 is 5.32 Å². The first-order valence-electron chi connectivity index (χ1n) is 7.31. The van der Waals surface area contributed by atoms with Crippen molar-refractivity contribution in [2.75, 3.05) is 18.9 Å². The number of hydrogen-bond acceptors (Lipinski definition) is 2. The van der Waals surface area contributed by atoms with Gasteiger partial charge in [0, 0.05) is 19.6 Å².